The number of nitrogens with one attached hydrogen (secondary N) is 1. The maximum absolute atomic E-state index is 5.73. The van der Waals surface area contributed by atoms with Gasteiger partial charge in [0.25, 0.3) is 0 Å². The van der Waals surface area contributed by atoms with E-state index in [4.69, 9.17) is 10.5 Å². The van der Waals surface area contributed by atoms with E-state index in [0.29, 0.717) is 18.5 Å². The maximum Gasteiger partial charge on any atom is 0.0503 e. The molecule has 1 heterocycles. The lowest BCUT2D eigenvalue weighted by Crippen LogP contribution is -2.42. The number of hydrogen-bond donors (Lipinski definition) is 2. The van der Waals surface area contributed by atoms with Crippen molar-refractivity contribution in [2.75, 3.05) is 20.3 Å². The summed E-state index contributed by atoms with van der Waals surface area (Å²) in [5, 5.41) is 5.55. The number of thiophene rings is 1. The molecule has 0 aliphatic rings. The quantitative estimate of drug-likeness (QED) is 0.742. The van der Waals surface area contributed by atoms with E-state index >= 15 is 0 Å². The molecule has 3 N–H and O–H groups in total. The van der Waals surface area contributed by atoms with E-state index in [0.717, 1.165) is 13.2 Å². The van der Waals surface area contributed by atoms with E-state index in [1.165, 1.54) is 4.88 Å². The molecule has 4 heteroatoms. The van der Waals surface area contributed by atoms with Gasteiger partial charge in [-0.15, -0.1) is 11.3 Å². The first-order valence-corrected chi connectivity index (χ1v) is 6.10. The van der Waals surface area contributed by atoms with E-state index in [9.17, 15) is 0 Å². The third-order valence-electron chi connectivity index (χ3n) is 2.49. The lowest BCUT2D eigenvalue weighted by atomic mass is 10.0. The van der Waals surface area contributed by atoms with E-state index in [1.54, 1.807) is 18.4 Å². The summed E-state index contributed by atoms with van der Waals surface area (Å²) in [7, 11) is 1.73. The van der Waals surface area contributed by atoms with Gasteiger partial charge in [0.05, 0.1) is 6.61 Å². The Balaban J connectivity index is 2.33. The van der Waals surface area contributed by atoms with Crippen molar-refractivity contribution >= 4 is 11.3 Å². The highest BCUT2D eigenvalue weighted by molar-refractivity contribution is 7.09. The Morgan fingerprint density at radius 2 is 2.40 bits per heavy atom. The molecule has 0 radical (unpaired) electrons. The fourth-order valence-electron chi connectivity index (χ4n) is 1.54. The van der Waals surface area contributed by atoms with Crippen LogP contribution in [0.1, 0.15) is 11.8 Å². The van der Waals surface area contributed by atoms with Crippen LogP contribution in [0.25, 0.3) is 0 Å². The van der Waals surface area contributed by atoms with E-state index in [-0.39, 0.29) is 0 Å². The van der Waals surface area contributed by atoms with E-state index < -0.39 is 0 Å². The van der Waals surface area contributed by atoms with Gasteiger partial charge >= 0.3 is 0 Å². The summed E-state index contributed by atoms with van der Waals surface area (Å²) in [5.41, 5.74) is 5.73. The first kappa shape index (κ1) is 12.6. The summed E-state index contributed by atoms with van der Waals surface area (Å²) in [5.74, 6) is 0.444. The second kappa shape index (κ2) is 6.95. The van der Waals surface area contributed by atoms with Crippen LogP contribution < -0.4 is 11.1 Å². The van der Waals surface area contributed by atoms with Crippen molar-refractivity contribution in [1.29, 1.82) is 0 Å². The van der Waals surface area contributed by atoms with Crippen LogP contribution in [0.3, 0.4) is 0 Å². The molecule has 1 aromatic rings. The molecule has 0 spiro atoms. The van der Waals surface area contributed by atoms with Gasteiger partial charge in [0.15, 0.2) is 0 Å². The van der Waals surface area contributed by atoms with Crippen LogP contribution in [0.2, 0.25) is 0 Å². The van der Waals surface area contributed by atoms with Crippen molar-refractivity contribution < 1.29 is 4.74 Å². The normalized spacial score (nSPS) is 15.1. The first-order chi connectivity index (χ1) is 7.27. The predicted octanol–water partition coefficient (Wildman–Crippen LogP) is 1.45. The summed E-state index contributed by atoms with van der Waals surface area (Å²) >= 11 is 1.77. The molecule has 3 nitrogen and oxygen atoms in total. The van der Waals surface area contributed by atoms with Crippen LogP contribution >= 0.6 is 11.3 Å². The van der Waals surface area contributed by atoms with Crippen molar-refractivity contribution in [3.8, 4) is 0 Å². The Labute approximate surface area is 95.6 Å². The molecule has 2 unspecified atom stereocenters. The van der Waals surface area contributed by atoms with Crippen molar-refractivity contribution in [2.24, 2.45) is 11.7 Å². The number of ether oxygens (including phenoxy) is 1. The predicted molar refractivity (Wildman–Crippen MR) is 65.0 cm³/mol. The first-order valence-electron chi connectivity index (χ1n) is 5.22. The van der Waals surface area contributed by atoms with Gasteiger partial charge in [0, 0.05) is 31.1 Å². The zero-order valence-corrected chi connectivity index (χ0v) is 10.2. The van der Waals surface area contributed by atoms with Crippen molar-refractivity contribution in [3.63, 3.8) is 0 Å². The number of hydrogen-bond acceptors (Lipinski definition) is 4. The van der Waals surface area contributed by atoms with Crippen molar-refractivity contribution in [3.05, 3.63) is 22.4 Å². The minimum atomic E-state index is 0.326. The molecule has 2 atom stereocenters. The smallest absolute Gasteiger partial charge is 0.0503 e. The standard InChI is InChI=1S/C11H20N2OS/c1-9(8-14-2)11(6-12)13-7-10-4-3-5-15-10/h3-5,9,11,13H,6-8,12H2,1-2H3. The van der Waals surface area contributed by atoms with Crippen LogP contribution in [-0.2, 0) is 11.3 Å². The average Bonchev–Trinajstić information content (AvgIpc) is 2.72. The number of methoxy groups -OCH3 is 1. The zero-order chi connectivity index (χ0) is 11.1. The second-order valence-electron chi connectivity index (χ2n) is 3.74. The molecule has 0 aliphatic carbocycles. The maximum atomic E-state index is 5.73. The minimum Gasteiger partial charge on any atom is -0.384 e. The van der Waals surface area contributed by atoms with Crippen LogP contribution in [0, 0.1) is 5.92 Å². The third kappa shape index (κ3) is 4.30. The molecule has 86 valence electrons. The Bertz CT molecular complexity index is 251. The largest absolute Gasteiger partial charge is 0.384 e. The van der Waals surface area contributed by atoms with Gasteiger partial charge in [-0.05, 0) is 17.4 Å². The molecule has 1 rings (SSSR count). The van der Waals surface area contributed by atoms with Gasteiger partial charge in [0.2, 0.25) is 0 Å². The molecule has 0 amide bonds. The Kier molecular flexibility index (Phi) is 5.86. The highest BCUT2D eigenvalue weighted by Crippen LogP contribution is 2.09. The summed E-state index contributed by atoms with van der Waals surface area (Å²) in [6.45, 7) is 4.45. The summed E-state index contributed by atoms with van der Waals surface area (Å²) in [6.07, 6.45) is 0. The van der Waals surface area contributed by atoms with Crippen LogP contribution in [-0.4, -0.2) is 26.3 Å². The molecule has 0 bridgehead atoms. The van der Waals surface area contributed by atoms with Crippen LogP contribution in [0.4, 0.5) is 0 Å². The molecule has 15 heavy (non-hydrogen) atoms. The summed E-state index contributed by atoms with van der Waals surface area (Å²) in [6, 6.07) is 4.52. The molecule has 0 saturated heterocycles. The highest BCUT2D eigenvalue weighted by Gasteiger charge is 2.14. The molecule has 0 aliphatic heterocycles. The van der Waals surface area contributed by atoms with Gasteiger partial charge in [0.1, 0.15) is 0 Å². The zero-order valence-electron chi connectivity index (χ0n) is 9.40. The van der Waals surface area contributed by atoms with Gasteiger partial charge in [-0.1, -0.05) is 13.0 Å². The van der Waals surface area contributed by atoms with Gasteiger partial charge < -0.3 is 15.8 Å². The van der Waals surface area contributed by atoms with Crippen LogP contribution in [0.15, 0.2) is 17.5 Å². The van der Waals surface area contributed by atoms with E-state index in [2.05, 4.69) is 29.8 Å². The fourth-order valence-corrected chi connectivity index (χ4v) is 2.20. The molecule has 0 saturated carbocycles. The Morgan fingerprint density at radius 3 is 2.93 bits per heavy atom. The SMILES string of the molecule is COCC(C)C(CN)NCc1cccs1. The molecule has 1 aromatic heterocycles. The number of rotatable bonds is 7. The second-order valence-corrected chi connectivity index (χ2v) is 4.77. The molecular weight excluding hydrogens is 208 g/mol. The minimum absolute atomic E-state index is 0.326. The third-order valence-corrected chi connectivity index (χ3v) is 3.37. The van der Waals surface area contributed by atoms with Crippen molar-refractivity contribution in [2.45, 2.75) is 19.5 Å². The van der Waals surface area contributed by atoms with Crippen LogP contribution in [0.5, 0.6) is 0 Å². The molecular formula is C11H20N2OS. The van der Waals surface area contributed by atoms with Gasteiger partial charge in [-0.3, -0.25) is 0 Å². The summed E-state index contributed by atoms with van der Waals surface area (Å²) in [4.78, 5) is 1.35. The Hall–Kier alpha value is -0.420. The highest BCUT2D eigenvalue weighted by atomic mass is 32.1. The Morgan fingerprint density at radius 1 is 1.60 bits per heavy atom. The average molecular weight is 228 g/mol. The summed E-state index contributed by atoms with van der Waals surface area (Å²) < 4.78 is 5.13. The molecule has 0 fully saturated rings. The number of nitrogens with two attached hydrogens (primary N) is 1. The van der Waals surface area contributed by atoms with Gasteiger partial charge in [-0.2, -0.15) is 0 Å². The van der Waals surface area contributed by atoms with Gasteiger partial charge in [-0.25, -0.2) is 0 Å². The van der Waals surface area contributed by atoms with Crippen molar-refractivity contribution in [1.82, 2.24) is 5.32 Å². The lowest BCUT2D eigenvalue weighted by molar-refractivity contribution is 0.140. The topological polar surface area (TPSA) is 47.3 Å². The lowest BCUT2D eigenvalue weighted by Gasteiger charge is -2.22. The fraction of sp³-hybridized carbons (Fsp3) is 0.636. The monoisotopic (exact) mass is 228 g/mol. The van der Waals surface area contributed by atoms with E-state index in [1.807, 2.05) is 0 Å². The molecule has 0 aromatic carbocycles.